The van der Waals surface area contributed by atoms with Crippen molar-refractivity contribution in [2.75, 3.05) is 13.7 Å². The highest BCUT2D eigenvalue weighted by Crippen LogP contribution is 2.30. The number of nitrogens with zero attached hydrogens (tertiary/aromatic N) is 1. The molecule has 2 amide bonds. The Morgan fingerprint density at radius 2 is 1.67 bits per heavy atom. The first-order valence-corrected chi connectivity index (χ1v) is 6.38. The van der Waals surface area contributed by atoms with Gasteiger partial charge in [0, 0.05) is 23.6 Å². The van der Waals surface area contributed by atoms with Crippen LogP contribution < -0.4 is 0 Å². The van der Waals surface area contributed by atoms with Crippen molar-refractivity contribution < 1.29 is 24.5 Å². The van der Waals surface area contributed by atoms with Gasteiger partial charge in [0.15, 0.2) is 6.23 Å². The van der Waals surface area contributed by atoms with Crippen LogP contribution in [0.5, 0.6) is 0 Å². The monoisotopic (exact) mass is 287 g/mol. The van der Waals surface area contributed by atoms with Crippen molar-refractivity contribution >= 4 is 22.6 Å². The van der Waals surface area contributed by atoms with Crippen molar-refractivity contribution in [1.82, 2.24) is 4.90 Å². The Bertz CT molecular complexity index is 676. The third-order valence-corrected chi connectivity index (χ3v) is 3.52. The van der Waals surface area contributed by atoms with Gasteiger partial charge in [-0.15, -0.1) is 0 Å². The summed E-state index contributed by atoms with van der Waals surface area (Å²) in [6, 6.07) is 10.5. The van der Waals surface area contributed by atoms with Crippen LogP contribution in [0.15, 0.2) is 36.4 Å². The van der Waals surface area contributed by atoms with Crippen LogP contribution in [-0.4, -0.2) is 41.9 Å². The Labute approximate surface area is 120 Å². The van der Waals surface area contributed by atoms with Crippen molar-refractivity contribution in [3.8, 4) is 0 Å². The number of hydrogen-bond donors (Lipinski definition) is 1. The largest absolute Gasteiger partial charge is 0.380 e. The fraction of sp³-hybridized carbons (Fsp3) is 0.200. The highest BCUT2D eigenvalue weighted by Gasteiger charge is 2.38. The summed E-state index contributed by atoms with van der Waals surface area (Å²) in [5, 5.41) is 10.4. The lowest BCUT2D eigenvalue weighted by molar-refractivity contribution is -0.307. The lowest BCUT2D eigenvalue weighted by Crippen LogP contribution is -2.49. The van der Waals surface area contributed by atoms with E-state index in [0.29, 0.717) is 16.5 Å². The summed E-state index contributed by atoms with van der Waals surface area (Å²) in [5.41, 5.74) is 0.807. The second-order valence-electron chi connectivity index (χ2n) is 4.70. The van der Waals surface area contributed by atoms with Crippen molar-refractivity contribution in [3.63, 3.8) is 0 Å². The van der Waals surface area contributed by atoms with Gasteiger partial charge in [-0.25, -0.2) is 15.0 Å². The maximum Gasteiger partial charge on any atom is 0.263 e. The van der Waals surface area contributed by atoms with Crippen LogP contribution in [0.1, 0.15) is 20.7 Å². The zero-order valence-electron chi connectivity index (χ0n) is 11.3. The molecule has 1 heterocycles. The van der Waals surface area contributed by atoms with E-state index in [4.69, 9.17) is 9.99 Å². The van der Waals surface area contributed by atoms with Crippen LogP contribution in [0.4, 0.5) is 0 Å². The lowest BCUT2D eigenvalue weighted by atomic mass is 9.94. The third-order valence-electron chi connectivity index (χ3n) is 3.52. The topological polar surface area (TPSA) is 76.1 Å². The molecule has 2 aromatic carbocycles. The number of ether oxygens (including phenoxy) is 1. The Morgan fingerprint density at radius 1 is 1.10 bits per heavy atom. The van der Waals surface area contributed by atoms with E-state index in [0.717, 1.165) is 10.3 Å². The van der Waals surface area contributed by atoms with E-state index in [-0.39, 0.29) is 6.61 Å². The van der Waals surface area contributed by atoms with Gasteiger partial charge >= 0.3 is 0 Å². The first-order chi connectivity index (χ1) is 10.2. The van der Waals surface area contributed by atoms with Crippen molar-refractivity contribution in [2.24, 2.45) is 0 Å². The second-order valence-corrected chi connectivity index (χ2v) is 4.70. The van der Waals surface area contributed by atoms with Crippen molar-refractivity contribution in [2.45, 2.75) is 6.23 Å². The quantitative estimate of drug-likeness (QED) is 0.528. The molecular formula is C15H13NO5. The molecule has 1 aliphatic heterocycles. The number of benzene rings is 2. The summed E-state index contributed by atoms with van der Waals surface area (Å²) in [6.45, 7) is -0.119. The average Bonchev–Trinajstić information content (AvgIpc) is 2.51. The predicted molar refractivity (Wildman–Crippen MR) is 73.8 cm³/mol. The highest BCUT2D eigenvalue weighted by atomic mass is 17.1. The van der Waals surface area contributed by atoms with E-state index in [2.05, 4.69) is 4.89 Å². The number of carbonyl (C=O) groups excluding carboxylic acids is 2. The summed E-state index contributed by atoms with van der Waals surface area (Å²) in [6.07, 6.45) is -1.18. The van der Waals surface area contributed by atoms with E-state index < -0.39 is 18.0 Å². The number of rotatable bonds is 4. The minimum atomic E-state index is -1.18. The second kappa shape index (κ2) is 5.25. The van der Waals surface area contributed by atoms with Crippen LogP contribution in [0.3, 0.4) is 0 Å². The molecule has 3 rings (SSSR count). The fourth-order valence-corrected chi connectivity index (χ4v) is 2.61. The Kier molecular flexibility index (Phi) is 3.42. The predicted octanol–water partition coefficient (Wildman–Crippen LogP) is 1.90. The standard InChI is InChI=1S/C15H13NO5/c1-20-8-12(21-19)16-14(17)10-6-2-4-9-5-3-7-11(13(9)10)15(16)18/h2-7,12,19H,8H2,1H3. The lowest BCUT2D eigenvalue weighted by Gasteiger charge is -2.31. The Balaban J connectivity index is 2.19. The SMILES string of the molecule is COCC(OO)N1C(=O)c2cccc3cccc(c23)C1=O. The van der Waals surface area contributed by atoms with Crippen molar-refractivity contribution in [1.29, 1.82) is 0 Å². The molecule has 1 unspecified atom stereocenters. The first-order valence-electron chi connectivity index (χ1n) is 6.38. The van der Waals surface area contributed by atoms with Crippen LogP contribution in [-0.2, 0) is 9.62 Å². The summed E-state index contributed by atoms with van der Waals surface area (Å²) >= 11 is 0. The van der Waals surface area contributed by atoms with Crippen LogP contribution in [0.25, 0.3) is 10.8 Å². The van der Waals surface area contributed by atoms with Crippen LogP contribution in [0, 0.1) is 0 Å². The number of imide groups is 1. The third kappa shape index (κ3) is 2.01. The molecule has 0 radical (unpaired) electrons. The number of carbonyl (C=O) groups is 2. The van der Waals surface area contributed by atoms with Gasteiger partial charge in [0.1, 0.15) is 0 Å². The molecule has 6 heteroatoms. The minimum Gasteiger partial charge on any atom is -0.380 e. The van der Waals surface area contributed by atoms with Gasteiger partial charge in [0.2, 0.25) is 0 Å². The van der Waals surface area contributed by atoms with Gasteiger partial charge in [-0.05, 0) is 17.5 Å². The molecule has 0 bridgehead atoms. The Hall–Kier alpha value is -2.28. The van der Waals surface area contributed by atoms with E-state index in [1.54, 1.807) is 24.3 Å². The summed E-state index contributed by atoms with van der Waals surface area (Å²) in [5.74, 6) is -1.03. The smallest absolute Gasteiger partial charge is 0.263 e. The van der Waals surface area contributed by atoms with Crippen molar-refractivity contribution in [3.05, 3.63) is 47.5 Å². The van der Waals surface area contributed by atoms with Gasteiger partial charge in [-0.2, -0.15) is 0 Å². The molecular weight excluding hydrogens is 274 g/mol. The maximum absolute atomic E-state index is 12.5. The molecule has 0 fully saturated rings. The summed E-state index contributed by atoms with van der Waals surface area (Å²) in [4.78, 5) is 30.2. The highest BCUT2D eigenvalue weighted by molar-refractivity contribution is 6.25. The van der Waals surface area contributed by atoms with E-state index in [1.807, 2.05) is 12.1 Å². The molecule has 21 heavy (non-hydrogen) atoms. The molecule has 108 valence electrons. The molecule has 6 nitrogen and oxygen atoms in total. The van der Waals surface area contributed by atoms with E-state index >= 15 is 0 Å². The molecule has 2 aromatic rings. The molecule has 1 N–H and O–H groups in total. The molecule has 1 aliphatic rings. The van der Waals surface area contributed by atoms with Gasteiger partial charge in [-0.1, -0.05) is 24.3 Å². The van der Waals surface area contributed by atoms with E-state index in [1.165, 1.54) is 7.11 Å². The zero-order valence-corrected chi connectivity index (χ0v) is 11.3. The molecule has 0 spiro atoms. The summed E-state index contributed by atoms with van der Waals surface area (Å²) < 4.78 is 4.87. The number of amides is 2. The normalized spacial score (nSPS) is 15.6. The van der Waals surface area contributed by atoms with Gasteiger partial charge in [0.25, 0.3) is 11.8 Å². The van der Waals surface area contributed by atoms with Crippen LogP contribution in [0.2, 0.25) is 0 Å². The fourth-order valence-electron chi connectivity index (χ4n) is 2.61. The maximum atomic E-state index is 12.5. The summed E-state index contributed by atoms with van der Waals surface area (Å²) in [7, 11) is 1.39. The molecule has 0 aromatic heterocycles. The Morgan fingerprint density at radius 3 is 2.14 bits per heavy atom. The van der Waals surface area contributed by atoms with Crippen LogP contribution >= 0.6 is 0 Å². The average molecular weight is 287 g/mol. The van der Waals surface area contributed by atoms with E-state index in [9.17, 15) is 9.59 Å². The van der Waals surface area contributed by atoms with Gasteiger partial charge < -0.3 is 4.74 Å². The van der Waals surface area contributed by atoms with Gasteiger partial charge in [0.05, 0.1) is 6.61 Å². The molecule has 0 aliphatic carbocycles. The zero-order chi connectivity index (χ0) is 15.0. The van der Waals surface area contributed by atoms with Gasteiger partial charge in [-0.3, -0.25) is 9.59 Å². The molecule has 0 saturated heterocycles. The first kappa shape index (κ1) is 13.7. The number of hydrogen-bond acceptors (Lipinski definition) is 5. The molecule has 0 saturated carbocycles. The minimum absolute atomic E-state index is 0.119. The number of methoxy groups -OCH3 is 1. The molecule has 1 atom stereocenters.